The van der Waals surface area contributed by atoms with Gasteiger partial charge in [0.15, 0.2) is 11.0 Å². The highest BCUT2D eigenvalue weighted by atomic mass is 35.5. The Labute approximate surface area is 200 Å². The number of anilines is 1. The number of rotatable bonds is 8. The molecule has 1 heterocycles. The number of amides is 2. The molecule has 0 radical (unpaired) electrons. The van der Waals surface area contributed by atoms with Crippen LogP contribution in [-0.2, 0) is 11.8 Å². The van der Waals surface area contributed by atoms with Gasteiger partial charge in [0.05, 0.1) is 22.4 Å². The molecule has 32 heavy (non-hydrogen) atoms. The summed E-state index contributed by atoms with van der Waals surface area (Å²) in [7, 11) is 1.81. The van der Waals surface area contributed by atoms with E-state index < -0.39 is 6.04 Å². The van der Waals surface area contributed by atoms with Gasteiger partial charge in [-0.25, -0.2) is 0 Å². The van der Waals surface area contributed by atoms with Crippen molar-refractivity contribution in [3.8, 4) is 0 Å². The summed E-state index contributed by atoms with van der Waals surface area (Å²) in [5.41, 5.74) is 1.07. The van der Waals surface area contributed by atoms with Gasteiger partial charge in [-0.15, -0.1) is 10.2 Å². The third kappa shape index (κ3) is 6.03. The smallest absolute Gasteiger partial charge is 0.253 e. The van der Waals surface area contributed by atoms with Crippen molar-refractivity contribution >= 4 is 52.5 Å². The molecule has 0 spiro atoms. The van der Waals surface area contributed by atoms with Crippen LogP contribution in [0.25, 0.3) is 0 Å². The topological polar surface area (TPSA) is 88.9 Å². The van der Waals surface area contributed by atoms with Crippen LogP contribution in [0.2, 0.25) is 10.0 Å². The molecule has 0 aliphatic heterocycles. The van der Waals surface area contributed by atoms with Gasteiger partial charge in [-0.05, 0) is 36.2 Å². The Morgan fingerprint density at radius 3 is 2.47 bits per heavy atom. The van der Waals surface area contributed by atoms with Gasteiger partial charge in [0.2, 0.25) is 5.91 Å². The van der Waals surface area contributed by atoms with Crippen molar-refractivity contribution in [3.63, 3.8) is 0 Å². The third-order valence-corrected chi connectivity index (χ3v) is 6.23. The van der Waals surface area contributed by atoms with Crippen LogP contribution in [0.4, 0.5) is 5.69 Å². The summed E-state index contributed by atoms with van der Waals surface area (Å²) in [6.07, 6.45) is 0. The van der Waals surface area contributed by atoms with Crippen molar-refractivity contribution in [2.45, 2.75) is 25.0 Å². The van der Waals surface area contributed by atoms with Crippen molar-refractivity contribution < 1.29 is 9.59 Å². The van der Waals surface area contributed by atoms with E-state index in [4.69, 9.17) is 23.2 Å². The summed E-state index contributed by atoms with van der Waals surface area (Å²) >= 11 is 13.4. The van der Waals surface area contributed by atoms with E-state index in [9.17, 15) is 9.59 Å². The van der Waals surface area contributed by atoms with E-state index in [0.717, 1.165) is 5.69 Å². The van der Waals surface area contributed by atoms with Crippen LogP contribution in [0.5, 0.6) is 0 Å². The van der Waals surface area contributed by atoms with Crippen molar-refractivity contribution in [2.24, 2.45) is 13.0 Å². The molecule has 1 aromatic heterocycles. The quantitative estimate of drug-likeness (QED) is 0.433. The molecule has 2 aromatic carbocycles. The largest absolute Gasteiger partial charge is 0.342 e. The lowest BCUT2D eigenvalue weighted by atomic mass is 10.0. The first kappa shape index (κ1) is 24.1. The fraction of sp³-hybridized carbons (Fsp3) is 0.273. The Balaban J connectivity index is 1.69. The average Bonchev–Trinajstić information content (AvgIpc) is 3.11. The van der Waals surface area contributed by atoms with Crippen molar-refractivity contribution in [1.82, 2.24) is 20.1 Å². The van der Waals surface area contributed by atoms with E-state index in [1.165, 1.54) is 17.8 Å². The molecule has 3 rings (SSSR count). The van der Waals surface area contributed by atoms with E-state index in [1.807, 2.05) is 51.2 Å². The first-order valence-electron chi connectivity index (χ1n) is 9.89. The fourth-order valence-electron chi connectivity index (χ4n) is 2.99. The molecule has 1 atom stereocenters. The number of carbonyl (C=O) groups is 2. The maximum absolute atomic E-state index is 12.8. The molecule has 2 N–H and O–H groups in total. The number of nitrogens with zero attached hydrogens (tertiary/aromatic N) is 3. The zero-order chi connectivity index (χ0) is 23.3. The number of carbonyl (C=O) groups excluding carboxylic acids is 2. The van der Waals surface area contributed by atoms with Gasteiger partial charge in [0.1, 0.15) is 0 Å². The Hall–Kier alpha value is -2.55. The second kappa shape index (κ2) is 10.8. The molecule has 168 valence electrons. The van der Waals surface area contributed by atoms with E-state index in [0.29, 0.717) is 21.6 Å². The predicted octanol–water partition coefficient (Wildman–Crippen LogP) is 4.98. The van der Waals surface area contributed by atoms with Gasteiger partial charge >= 0.3 is 0 Å². The molecule has 0 saturated heterocycles. The molecule has 0 unspecified atom stereocenters. The summed E-state index contributed by atoms with van der Waals surface area (Å²) in [6.45, 7) is 3.95. The molecular formula is C22H23Cl2N5O2S. The normalized spacial score (nSPS) is 11.9. The van der Waals surface area contributed by atoms with Crippen molar-refractivity contribution in [1.29, 1.82) is 0 Å². The summed E-state index contributed by atoms with van der Waals surface area (Å²) in [5, 5.41) is 15.6. The molecule has 0 fully saturated rings. The molecular weight excluding hydrogens is 469 g/mol. The Kier molecular flexibility index (Phi) is 8.17. The maximum atomic E-state index is 12.8. The Morgan fingerprint density at radius 1 is 1.09 bits per heavy atom. The number of benzene rings is 2. The summed E-state index contributed by atoms with van der Waals surface area (Å²) in [5.74, 6) is 0.332. The van der Waals surface area contributed by atoms with Gasteiger partial charge in [-0.3, -0.25) is 9.59 Å². The van der Waals surface area contributed by atoms with E-state index in [2.05, 4.69) is 20.8 Å². The summed E-state index contributed by atoms with van der Waals surface area (Å²) in [4.78, 5) is 25.1. The fourth-order valence-corrected chi connectivity index (χ4v) is 4.21. The summed E-state index contributed by atoms with van der Waals surface area (Å²) < 4.78 is 1.79. The lowest BCUT2D eigenvalue weighted by Gasteiger charge is -2.22. The van der Waals surface area contributed by atoms with E-state index >= 15 is 0 Å². The van der Waals surface area contributed by atoms with Gasteiger partial charge in [0.25, 0.3) is 5.91 Å². The predicted molar refractivity (Wildman–Crippen MR) is 128 cm³/mol. The first-order valence-corrected chi connectivity index (χ1v) is 11.6. The van der Waals surface area contributed by atoms with Crippen LogP contribution >= 0.6 is 35.0 Å². The molecule has 10 heteroatoms. The molecule has 0 aliphatic carbocycles. The molecule has 2 amide bonds. The number of nitrogens with one attached hydrogen (secondary N) is 2. The average molecular weight is 492 g/mol. The Bertz CT molecular complexity index is 1100. The highest BCUT2D eigenvalue weighted by Crippen LogP contribution is 2.26. The van der Waals surface area contributed by atoms with Gasteiger partial charge in [-0.2, -0.15) is 0 Å². The molecule has 0 saturated carbocycles. The minimum atomic E-state index is -0.403. The van der Waals surface area contributed by atoms with E-state index in [1.54, 1.807) is 16.7 Å². The number of aromatic nitrogens is 3. The number of hydrogen-bond acceptors (Lipinski definition) is 5. The standard InChI is InChI=1S/C22H23Cl2N5O2S/c1-13(2)19(26-21(31)16-10-9-14(23)11-17(16)24)20-27-28-22(29(20)3)32-12-18(30)25-15-7-5-4-6-8-15/h4-11,13,19H,12H2,1-3H3,(H,25,30)(H,26,31)/t19-/m0/s1. The van der Waals surface area contributed by atoms with Crippen LogP contribution in [-0.4, -0.2) is 32.3 Å². The van der Waals surface area contributed by atoms with Crippen LogP contribution < -0.4 is 10.6 Å². The highest BCUT2D eigenvalue weighted by Gasteiger charge is 2.26. The molecule has 0 bridgehead atoms. The summed E-state index contributed by atoms with van der Waals surface area (Å²) in [6, 6.07) is 13.6. The SMILES string of the molecule is CC(C)[C@H](NC(=O)c1ccc(Cl)cc1Cl)c1nnc(SCC(=O)Nc2ccccc2)n1C. The second-order valence-electron chi connectivity index (χ2n) is 7.42. The van der Waals surface area contributed by atoms with Crippen molar-refractivity contribution in [3.05, 3.63) is 70.0 Å². The van der Waals surface area contributed by atoms with Gasteiger partial charge in [0, 0.05) is 17.8 Å². The molecule has 7 nitrogen and oxygen atoms in total. The number of para-hydroxylation sites is 1. The molecule has 3 aromatic rings. The zero-order valence-electron chi connectivity index (χ0n) is 17.8. The number of thioether (sulfide) groups is 1. The monoisotopic (exact) mass is 491 g/mol. The minimum absolute atomic E-state index is 0.0344. The number of hydrogen-bond donors (Lipinski definition) is 2. The van der Waals surface area contributed by atoms with Gasteiger partial charge < -0.3 is 15.2 Å². The zero-order valence-corrected chi connectivity index (χ0v) is 20.1. The second-order valence-corrected chi connectivity index (χ2v) is 9.21. The first-order chi connectivity index (χ1) is 15.3. The van der Waals surface area contributed by atoms with Gasteiger partial charge in [-0.1, -0.05) is 67.0 Å². The lowest BCUT2D eigenvalue weighted by Crippen LogP contribution is -2.33. The number of halogens is 2. The van der Waals surface area contributed by atoms with Crippen LogP contribution in [0, 0.1) is 5.92 Å². The highest BCUT2D eigenvalue weighted by molar-refractivity contribution is 7.99. The minimum Gasteiger partial charge on any atom is -0.342 e. The van der Waals surface area contributed by atoms with E-state index in [-0.39, 0.29) is 28.5 Å². The van der Waals surface area contributed by atoms with Crippen molar-refractivity contribution in [2.75, 3.05) is 11.1 Å². The van der Waals surface area contributed by atoms with Crippen LogP contribution in [0.1, 0.15) is 36.1 Å². The third-order valence-electron chi connectivity index (χ3n) is 4.67. The molecule has 0 aliphatic rings. The maximum Gasteiger partial charge on any atom is 0.253 e. The van der Waals surface area contributed by atoms with Crippen LogP contribution in [0.3, 0.4) is 0 Å². The Morgan fingerprint density at radius 2 is 1.81 bits per heavy atom. The lowest BCUT2D eigenvalue weighted by molar-refractivity contribution is -0.113. The van der Waals surface area contributed by atoms with Crippen LogP contribution in [0.15, 0.2) is 53.7 Å².